The molecule has 0 radical (unpaired) electrons. The smallest absolute Gasteiger partial charge is 0.308 e. The van der Waals surface area contributed by atoms with Gasteiger partial charge in [0.25, 0.3) is 0 Å². The van der Waals surface area contributed by atoms with Crippen LogP contribution in [0.1, 0.15) is 47.5 Å². The molecule has 3 rings (SSSR count). The molecule has 0 aromatic rings. The minimum Gasteiger partial charge on any atom is -0.461 e. The number of fused-ring (bicyclic) bond motifs is 1. The number of hydrogen-bond donors (Lipinski definition) is 0. The lowest BCUT2D eigenvalue weighted by Crippen LogP contribution is -2.61. The van der Waals surface area contributed by atoms with Crippen molar-refractivity contribution >= 4 is 5.97 Å². The zero-order valence-electron chi connectivity index (χ0n) is 11.6. The molecular formula is C15H24O2. The Morgan fingerprint density at radius 3 is 2.71 bits per heavy atom. The lowest BCUT2D eigenvalue weighted by Gasteiger charge is -2.60. The van der Waals surface area contributed by atoms with Crippen molar-refractivity contribution in [1.82, 2.24) is 0 Å². The van der Waals surface area contributed by atoms with Crippen molar-refractivity contribution in [3.8, 4) is 0 Å². The van der Waals surface area contributed by atoms with Gasteiger partial charge in [0.1, 0.15) is 6.10 Å². The van der Waals surface area contributed by atoms with E-state index in [0.29, 0.717) is 17.3 Å². The van der Waals surface area contributed by atoms with Crippen LogP contribution in [-0.2, 0) is 9.53 Å². The van der Waals surface area contributed by atoms with Crippen LogP contribution in [0.15, 0.2) is 11.6 Å². The van der Waals surface area contributed by atoms with Crippen molar-refractivity contribution in [3.63, 3.8) is 0 Å². The topological polar surface area (TPSA) is 26.3 Å². The molecule has 0 aromatic carbocycles. The summed E-state index contributed by atoms with van der Waals surface area (Å²) in [5, 5.41) is 0. The number of esters is 1. The number of hydrogen-bond acceptors (Lipinski definition) is 2. The predicted octanol–water partition coefficient (Wildman–Crippen LogP) is 3.57. The van der Waals surface area contributed by atoms with Gasteiger partial charge in [-0.2, -0.15) is 0 Å². The van der Waals surface area contributed by atoms with Gasteiger partial charge in [0, 0.05) is 11.8 Å². The standard InChI is InChI=1S/C15H24O2/c1-6-9(2)14(16)17-13-11-8-7-10(3)12(13)15(11,4)5/h7,9,11-13H,6,8H2,1-5H3/t9?,11-,12+,13-/m1/s1. The molecule has 4 atom stereocenters. The van der Waals surface area contributed by atoms with E-state index in [1.54, 1.807) is 0 Å². The van der Waals surface area contributed by atoms with E-state index >= 15 is 0 Å². The van der Waals surface area contributed by atoms with Crippen molar-refractivity contribution in [2.24, 2.45) is 23.2 Å². The zero-order valence-corrected chi connectivity index (χ0v) is 11.6. The molecule has 3 aliphatic carbocycles. The summed E-state index contributed by atoms with van der Waals surface area (Å²) >= 11 is 0. The summed E-state index contributed by atoms with van der Waals surface area (Å²) in [6.07, 6.45) is 4.37. The Hall–Kier alpha value is -0.790. The van der Waals surface area contributed by atoms with E-state index in [0.717, 1.165) is 12.8 Å². The average Bonchev–Trinajstić information content (AvgIpc) is 2.26. The van der Waals surface area contributed by atoms with Gasteiger partial charge in [-0.15, -0.1) is 0 Å². The second kappa shape index (κ2) is 4.15. The molecule has 1 unspecified atom stereocenters. The molecular weight excluding hydrogens is 212 g/mol. The van der Waals surface area contributed by atoms with E-state index < -0.39 is 0 Å². The van der Waals surface area contributed by atoms with Crippen LogP contribution in [0.4, 0.5) is 0 Å². The van der Waals surface area contributed by atoms with Gasteiger partial charge in [-0.1, -0.05) is 39.3 Å². The molecule has 96 valence electrons. The summed E-state index contributed by atoms with van der Waals surface area (Å²) in [6, 6.07) is 0. The highest BCUT2D eigenvalue weighted by molar-refractivity contribution is 5.72. The summed E-state index contributed by atoms with van der Waals surface area (Å²) in [5.74, 6) is 0.972. The molecule has 3 aliphatic rings. The molecule has 2 nitrogen and oxygen atoms in total. The van der Waals surface area contributed by atoms with Crippen LogP contribution in [0.5, 0.6) is 0 Å². The van der Waals surface area contributed by atoms with Crippen molar-refractivity contribution in [3.05, 3.63) is 11.6 Å². The maximum atomic E-state index is 11.9. The third-order valence-electron chi connectivity index (χ3n) is 4.93. The minimum absolute atomic E-state index is 0.0160. The lowest BCUT2D eigenvalue weighted by atomic mass is 9.47. The molecule has 0 amide bonds. The molecule has 0 spiro atoms. The van der Waals surface area contributed by atoms with Gasteiger partial charge in [-0.25, -0.2) is 0 Å². The fourth-order valence-corrected chi connectivity index (χ4v) is 3.48. The molecule has 0 heterocycles. The maximum Gasteiger partial charge on any atom is 0.308 e. The Bertz CT molecular complexity index is 354. The van der Waals surface area contributed by atoms with Crippen molar-refractivity contribution in [1.29, 1.82) is 0 Å². The average molecular weight is 236 g/mol. The summed E-state index contributed by atoms with van der Waals surface area (Å²) < 4.78 is 5.73. The normalized spacial score (nSPS) is 35.6. The predicted molar refractivity (Wildman–Crippen MR) is 68.5 cm³/mol. The molecule has 0 aromatic heterocycles. The molecule has 2 heteroatoms. The van der Waals surface area contributed by atoms with Gasteiger partial charge >= 0.3 is 5.97 Å². The first-order chi connectivity index (χ1) is 7.89. The highest BCUT2D eigenvalue weighted by Gasteiger charge is 2.60. The van der Waals surface area contributed by atoms with E-state index in [9.17, 15) is 4.79 Å². The van der Waals surface area contributed by atoms with Crippen molar-refractivity contribution in [2.75, 3.05) is 0 Å². The van der Waals surface area contributed by atoms with Crippen LogP contribution in [0, 0.1) is 23.2 Å². The lowest BCUT2D eigenvalue weighted by molar-refractivity contribution is -0.195. The SMILES string of the molecule is CCC(C)C(=O)O[C@@H]1[C@H]2CC=C(C)[C@@H]1C2(C)C. The molecule has 0 N–H and O–H groups in total. The quantitative estimate of drug-likeness (QED) is 0.553. The number of ether oxygens (including phenoxy) is 1. The Labute approximate surface area is 104 Å². The zero-order chi connectivity index (χ0) is 12.8. The number of rotatable bonds is 3. The third kappa shape index (κ3) is 1.82. The largest absolute Gasteiger partial charge is 0.461 e. The van der Waals surface area contributed by atoms with Crippen molar-refractivity contribution in [2.45, 2.75) is 53.6 Å². The van der Waals surface area contributed by atoms with Crippen LogP contribution in [0.25, 0.3) is 0 Å². The molecule has 2 bridgehead atoms. The van der Waals surface area contributed by atoms with E-state index in [1.807, 2.05) is 13.8 Å². The van der Waals surface area contributed by atoms with E-state index in [4.69, 9.17) is 4.74 Å². The highest BCUT2D eigenvalue weighted by atomic mass is 16.5. The van der Waals surface area contributed by atoms with Crippen LogP contribution in [-0.4, -0.2) is 12.1 Å². The third-order valence-corrected chi connectivity index (χ3v) is 4.93. The summed E-state index contributed by atoms with van der Waals surface area (Å²) in [7, 11) is 0. The Morgan fingerprint density at radius 1 is 1.59 bits per heavy atom. The van der Waals surface area contributed by atoms with Gasteiger partial charge in [-0.05, 0) is 25.2 Å². The van der Waals surface area contributed by atoms with Crippen LogP contribution >= 0.6 is 0 Å². The number of carbonyl (C=O) groups excluding carboxylic acids is 1. The van der Waals surface area contributed by atoms with Gasteiger partial charge < -0.3 is 4.74 Å². The Kier molecular flexibility index (Phi) is 3.09. The van der Waals surface area contributed by atoms with Gasteiger partial charge in [0.15, 0.2) is 0 Å². The monoisotopic (exact) mass is 236 g/mol. The molecule has 1 fully saturated rings. The second-order valence-electron chi connectivity index (χ2n) is 6.30. The van der Waals surface area contributed by atoms with E-state index in [-0.39, 0.29) is 18.0 Å². The first-order valence-corrected chi connectivity index (χ1v) is 6.76. The molecule has 17 heavy (non-hydrogen) atoms. The van der Waals surface area contributed by atoms with Gasteiger partial charge in [-0.3, -0.25) is 4.79 Å². The Balaban J connectivity index is 2.07. The second-order valence-corrected chi connectivity index (χ2v) is 6.30. The highest BCUT2D eigenvalue weighted by Crippen LogP contribution is 2.60. The molecule has 0 aliphatic heterocycles. The van der Waals surface area contributed by atoms with E-state index in [2.05, 4.69) is 26.8 Å². The number of carbonyl (C=O) groups is 1. The maximum absolute atomic E-state index is 11.9. The van der Waals surface area contributed by atoms with Gasteiger partial charge in [0.05, 0.1) is 5.92 Å². The van der Waals surface area contributed by atoms with Crippen LogP contribution < -0.4 is 0 Å². The molecule has 1 saturated carbocycles. The van der Waals surface area contributed by atoms with E-state index in [1.165, 1.54) is 5.57 Å². The summed E-state index contributed by atoms with van der Waals surface area (Å²) in [5.41, 5.74) is 1.71. The first kappa shape index (κ1) is 12.7. The van der Waals surface area contributed by atoms with Gasteiger partial charge in [0.2, 0.25) is 0 Å². The first-order valence-electron chi connectivity index (χ1n) is 6.76. The minimum atomic E-state index is -0.0160. The fourth-order valence-electron chi connectivity index (χ4n) is 3.48. The fraction of sp³-hybridized carbons (Fsp3) is 0.800. The number of allylic oxidation sites excluding steroid dienone is 1. The van der Waals surface area contributed by atoms with Crippen LogP contribution in [0.3, 0.4) is 0 Å². The van der Waals surface area contributed by atoms with Crippen LogP contribution in [0.2, 0.25) is 0 Å². The summed E-state index contributed by atoms with van der Waals surface area (Å²) in [4.78, 5) is 11.9. The summed E-state index contributed by atoms with van der Waals surface area (Å²) in [6.45, 7) is 10.7. The Morgan fingerprint density at radius 2 is 2.24 bits per heavy atom. The van der Waals surface area contributed by atoms with Crippen molar-refractivity contribution < 1.29 is 9.53 Å². The molecule has 0 saturated heterocycles.